The van der Waals surface area contributed by atoms with Crippen molar-refractivity contribution in [2.45, 2.75) is 74.1 Å². The van der Waals surface area contributed by atoms with Gasteiger partial charge < -0.3 is 0 Å². The van der Waals surface area contributed by atoms with Gasteiger partial charge in [-0.15, -0.1) is 0 Å². The van der Waals surface area contributed by atoms with E-state index < -0.39 is 7.82 Å². The molecule has 0 bridgehead atoms. The van der Waals surface area contributed by atoms with Crippen LogP contribution in [0.25, 0.3) is 0 Å². The highest BCUT2D eigenvalue weighted by Gasteiger charge is 2.26. The zero-order chi connectivity index (χ0) is 17.9. The topological polar surface area (TPSA) is 44.8 Å². The van der Waals surface area contributed by atoms with Crippen LogP contribution in [-0.4, -0.2) is 19.8 Å². The molecule has 0 saturated heterocycles. The van der Waals surface area contributed by atoms with Gasteiger partial charge in [0.15, 0.2) is 0 Å². The molecule has 0 unspecified atom stereocenters. The normalized spacial score (nSPS) is 17.7. The molecule has 0 saturated carbocycles. The van der Waals surface area contributed by atoms with Crippen LogP contribution >= 0.6 is 7.82 Å². The molecule has 0 aliphatic carbocycles. The SMILES string of the molecule is CCOP(=O)(OCC)OC[C@H](C)C[C@H](C)C[C@H](C)C[C@H](C)CC. The summed E-state index contributed by atoms with van der Waals surface area (Å²) in [5, 5.41) is 0. The Bertz CT molecular complexity index is 325. The minimum absolute atomic E-state index is 0.329. The number of hydrogen-bond acceptors (Lipinski definition) is 4. The lowest BCUT2D eigenvalue weighted by molar-refractivity contribution is 0.104. The lowest BCUT2D eigenvalue weighted by Crippen LogP contribution is -2.14. The van der Waals surface area contributed by atoms with Crippen molar-refractivity contribution in [1.29, 1.82) is 0 Å². The summed E-state index contributed by atoms with van der Waals surface area (Å²) in [5.74, 6) is 2.55. The quantitative estimate of drug-likeness (QED) is 0.344. The summed E-state index contributed by atoms with van der Waals surface area (Å²) in [7, 11) is -3.37. The summed E-state index contributed by atoms with van der Waals surface area (Å²) in [4.78, 5) is 0. The Hall–Kier alpha value is 0.110. The van der Waals surface area contributed by atoms with Crippen LogP contribution in [0.5, 0.6) is 0 Å². The molecule has 0 aliphatic rings. The number of phosphoric acid groups is 1. The van der Waals surface area contributed by atoms with E-state index in [1.165, 1.54) is 19.3 Å². The summed E-state index contributed by atoms with van der Waals surface area (Å²) in [6.07, 6.45) is 4.87. The molecule has 23 heavy (non-hydrogen) atoms. The lowest BCUT2D eigenvalue weighted by atomic mass is 9.85. The maximum absolute atomic E-state index is 12.3. The lowest BCUT2D eigenvalue weighted by Gasteiger charge is -2.23. The summed E-state index contributed by atoms with van der Waals surface area (Å²) in [5.41, 5.74) is 0. The van der Waals surface area contributed by atoms with Crippen molar-refractivity contribution < 1.29 is 18.1 Å². The van der Waals surface area contributed by atoms with Crippen molar-refractivity contribution in [3.05, 3.63) is 0 Å². The van der Waals surface area contributed by atoms with Crippen LogP contribution in [0.2, 0.25) is 0 Å². The van der Waals surface area contributed by atoms with Crippen LogP contribution in [0, 0.1) is 23.7 Å². The molecule has 4 nitrogen and oxygen atoms in total. The Morgan fingerprint density at radius 3 is 1.57 bits per heavy atom. The van der Waals surface area contributed by atoms with Gasteiger partial charge in [-0.05, 0) is 56.8 Å². The first-order valence-electron chi connectivity index (χ1n) is 9.29. The van der Waals surface area contributed by atoms with Gasteiger partial charge in [-0.2, -0.15) is 0 Å². The Morgan fingerprint density at radius 2 is 1.13 bits per heavy atom. The van der Waals surface area contributed by atoms with Gasteiger partial charge in [-0.1, -0.05) is 41.0 Å². The molecule has 0 spiro atoms. The number of rotatable bonds is 14. The largest absolute Gasteiger partial charge is 0.474 e. The first-order valence-corrected chi connectivity index (χ1v) is 10.8. The minimum Gasteiger partial charge on any atom is -0.287 e. The molecule has 0 rings (SSSR count). The number of phosphoric ester groups is 1. The average molecular weight is 350 g/mol. The highest BCUT2D eigenvalue weighted by Crippen LogP contribution is 2.49. The van der Waals surface area contributed by atoms with E-state index in [4.69, 9.17) is 13.6 Å². The molecule has 0 amide bonds. The molecular formula is C18H39O4P. The van der Waals surface area contributed by atoms with Crippen LogP contribution in [0.4, 0.5) is 0 Å². The van der Waals surface area contributed by atoms with Crippen molar-refractivity contribution in [1.82, 2.24) is 0 Å². The second-order valence-electron chi connectivity index (χ2n) is 7.11. The van der Waals surface area contributed by atoms with Crippen LogP contribution in [-0.2, 0) is 18.1 Å². The fourth-order valence-electron chi connectivity index (χ4n) is 3.13. The summed E-state index contributed by atoms with van der Waals surface area (Å²) >= 11 is 0. The van der Waals surface area contributed by atoms with E-state index >= 15 is 0 Å². The van der Waals surface area contributed by atoms with Gasteiger partial charge in [0.05, 0.1) is 19.8 Å². The predicted octanol–water partition coefficient (Wildman–Crippen LogP) is 6.31. The summed E-state index contributed by atoms with van der Waals surface area (Å²) in [6, 6.07) is 0. The van der Waals surface area contributed by atoms with Gasteiger partial charge in [0.2, 0.25) is 0 Å². The monoisotopic (exact) mass is 350 g/mol. The third kappa shape index (κ3) is 11.3. The molecule has 0 radical (unpaired) electrons. The first kappa shape index (κ1) is 23.1. The van der Waals surface area contributed by atoms with E-state index in [0.717, 1.165) is 18.3 Å². The van der Waals surface area contributed by atoms with Crippen LogP contribution in [0.15, 0.2) is 0 Å². The van der Waals surface area contributed by atoms with E-state index in [0.29, 0.717) is 31.7 Å². The maximum atomic E-state index is 12.3. The van der Waals surface area contributed by atoms with Crippen LogP contribution in [0.3, 0.4) is 0 Å². The van der Waals surface area contributed by atoms with E-state index in [-0.39, 0.29) is 0 Å². The second kappa shape index (κ2) is 12.5. The Labute approximate surface area is 144 Å². The molecule has 0 fully saturated rings. The first-order chi connectivity index (χ1) is 10.8. The zero-order valence-corrected chi connectivity index (χ0v) is 17.2. The van der Waals surface area contributed by atoms with Crippen molar-refractivity contribution >= 4 is 7.82 Å². The smallest absolute Gasteiger partial charge is 0.287 e. The highest BCUT2D eigenvalue weighted by atomic mass is 31.2. The second-order valence-corrected chi connectivity index (χ2v) is 8.78. The van der Waals surface area contributed by atoms with Crippen molar-refractivity contribution in [3.8, 4) is 0 Å². The van der Waals surface area contributed by atoms with Crippen molar-refractivity contribution in [2.24, 2.45) is 23.7 Å². The maximum Gasteiger partial charge on any atom is 0.474 e. The van der Waals surface area contributed by atoms with Gasteiger partial charge in [0.1, 0.15) is 0 Å². The summed E-state index contributed by atoms with van der Waals surface area (Å²) < 4.78 is 28.1. The molecule has 0 aromatic rings. The van der Waals surface area contributed by atoms with Gasteiger partial charge in [-0.3, -0.25) is 13.6 Å². The average Bonchev–Trinajstić information content (AvgIpc) is 2.45. The molecule has 0 aromatic heterocycles. The Kier molecular flexibility index (Phi) is 12.5. The molecule has 0 N–H and O–H groups in total. The molecule has 5 heteroatoms. The fraction of sp³-hybridized carbons (Fsp3) is 1.00. The van der Waals surface area contributed by atoms with Crippen LogP contribution in [0.1, 0.15) is 74.1 Å². The molecule has 4 atom stereocenters. The molecule has 0 aliphatic heterocycles. The van der Waals surface area contributed by atoms with Crippen LogP contribution < -0.4 is 0 Å². The van der Waals surface area contributed by atoms with Crippen molar-refractivity contribution in [3.63, 3.8) is 0 Å². The molecule has 140 valence electrons. The van der Waals surface area contributed by atoms with E-state index in [2.05, 4.69) is 34.6 Å². The van der Waals surface area contributed by atoms with Gasteiger partial charge in [0.25, 0.3) is 0 Å². The van der Waals surface area contributed by atoms with Gasteiger partial charge in [0, 0.05) is 0 Å². The zero-order valence-electron chi connectivity index (χ0n) is 16.3. The minimum atomic E-state index is -3.37. The summed E-state index contributed by atoms with van der Waals surface area (Å²) in [6.45, 7) is 16.0. The molecule has 0 heterocycles. The highest BCUT2D eigenvalue weighted by molar-refractivity contribution is 7.48. The van der Waals surface area contributed by atoms with Gasteiger partial charge >= 0.3 is 7.82 Å². The fourth-order valence-corrected chi connectivity index (χ4v) is 4.43. The standard InChI is InChI=1S/C18H39O4P/c1-8-15(4)11-16(5)12-17(6)13-18(7)14-22-23(19,20-9-2)21-10-3/h15-18H,8-14H2,1-7H3/t15-,16-,17-,18-/m1/s1. The molecular weight excluding hydrogens is 311 g/mol. The predicted molar refractivity (Wildman–Crippen MR) is 97.6 cm³/mol. The van der Waals surface area contributed by atoms with Gasteiger partial charge in [-0.25, -0.2) is 4.57 Å². The molecule has 0 aromatic carbocycles. The van der Waals surface area contributed by atoms with E-state index in [9.17, 15) is 4.57 Å². The third-order valence-electron chi connectivity index (χ3n) is 4.20. The third-order valence-corrected chi connectivity index (χ3v) is 5.82. The number of hydrogen-bond donors (Lipinski definition) is 0. The Balaban J connectivity index is 4.16. The van der Waals surface area contributed by atoms with E-state index in [1.54, 1.807) is 13.8 Å². The van der Waals surface area contributed by atoms with E-state index in [1.807, 2.05) is 0 Å². The Morgan fingerprint density at radius 1 is 0.696 bits per heavy atom. The van der Waals surface area contributed by atoms with Crippen molar-refractivity contribution in [2.75, 3.05) is 19.8 Å².